The number of nitrogens with two attached hydrogens (primary N) is 1. The molecule has 0 bridgehead atoms. The molecule has 0 radical (unpaired) electrons. The highest BCUT2D eigenvalue weighted by atomic mass is 19.4. The van der Waals surface area contributed by atoms with Gasteiger partial charge in [-0.25, -0.2) is 8.78 Å². The summed E-state index contributed by atoms with van der Waals surface area (Å²) >= 11 is 0. The van der Waals surface area contributed by atoms with Crippen LogP contribution in [0.4, 0.5) is 22.0 Å². The Hall–Kier alpha value is -1.70. The first-order chi connectivity index (χ1) is 8.68. The van der Waals surface area contributed by atoms with Crippen molar-refractivity contribution in [1.82, 2.24) is 0 Å². The molecular formula is C11H10F5NO2. The van der Waals surface area contributed by atoms with E-state index in [1.807, 2.05) is 0 Å². The third-order valence-electron chi connectivity index (χ3n) is 2.41. The number of hydrogen-bond donors (Lipinski definition) is 1. The van der Waals surface area contributed by atoms with E-state index in [0.29, 0.717) is 6.07 Å². The molecule has 0 heterocycles. The molecule has 0 aliphatic rings. The lowest BCUT2D eigenvalue weighted by Gasteiger charge is -2.13. The predicted molar refractivity (Wildman–Crippen MR) is 55.1 cm³/mol. The van der Waals surface area contributed by atoms with Crippen LogP contribution in [0.2, 0.25) is 0 Å². The van der Waals surface area contributed by atoms with Crippen molar-refractivity contribution in [2.45, 2.75) is 18.6 Å². The van der Waals surface area contributed by atoms with Crippen molar-refractivity contribution in [3.8, 4) is 0 Å². The first kappa shape index (κ1) is 15.4. The van der Waals surface area contributed by atoms with E-state index in [1.54, 1.807) is 0 Å². The van der Waals surface area contributed by atoms with Gasteiger partial charge in [0.1, 0.15) is 6.04 Å². The number of rotatable bonds is 3. The van der Waals surface area contributed by atoms with Gasteiger partial charge in [0.25, 0.3) is 0 Å². The average molecular weight is 283 g/mol. The molecule has 19 heavy (non-hydrogen) atoms. The van der Waals surface area contributed by atoms with Gasteiger partial charge >= 0.3 is 12.1 Å². The van der Waals surface area contributed by atoms with Crippen molar-refractivity contribution in [3.63, 3.8) is 0 Å². The molecule has 0 saturated heterocycles. The number of methoxy groups -OCH3 is 1. The number of carbonyl (C=O) groups is 1. The number of halogens is 5. The Labute approximate surface area is 105 Å². The summed E-state index contributed by atoms with van der Waals surface area (Å²) in [5.41, 5.74) is 3.18. The number of esters is 1. The van der Waals surface area contributed by atoms with E-state index in [0.717, 1.165) is 13.2 Å². The van der Waals surface area contributed by atoms with Gasteiger partial charge in [-0.1, -0.05) is 6.07 Å². The smallest absolute Gasteiger partial charge is 0.419 e. The maximum Gasteiger partial charge on any atom is 0.419 e. The van der Waals surface area contributed by atoms with Crippen LogP contribution in [-0.2, 0) is 22.1 Å². The molecule has 2 N–H and O–H groups in total. The van der Waals surface area contributed by atoms with E-state index in [4.69, 9.17) is 5.73 Å². The zero-order valence-electron chi connectivity index (χ0n) is 9.72. The summed E-state index contributed by atoms with van der Waals surface area (Å²) in [5, 5.41) is 0. The maximum absolute atomic E-state index is 13.4. The van der Waals surface area contributed by atoms with Gasteiger partial charge in [-0.2, -0.15) is 13.2 Å². The topological polar surface area (TPSA) is 52.3 Å². The van der Waals surface area contributed by atoms with E-state index < -0.39 is 47.4 Å². The Bertz CT molecular complexity index is 487. The fourth-order valence-electron chi connectivity index (χ4n) is 1.44. The first-order valence-electron chi connectivity index (χ1n) is 5.06. The second-order valence-electron chi connectivity index (χ2n) is 3.73. The molecule has 0 spiro atoms. The third kappa shape index (κ3) is 3.40. The van der Waals surface area contributed by atoms with E-state index in [9.17, 15) is 26.7 Å². The second kappa shape index (κ2) is 5.52. The Morgan fingerprint density at radius 3 is 2.37 bits per heavy atom. The lowest BCUT2D eigenvalue weighted by atomic mass is 10.0. The molecule has 3 nitrogen and oxygen atoms in total. The molecule has 1 aromatic carbocycles. The number of ether oxygens (including phenoxy) is 1. The SMILES string of the molecule is COC(=O)C(N)Cc1ccc(C(F)(F)F)c(F)c1F. The van der Waals surface area contributed by atoms with Crippen molar-refractivity contribution in [3.05, 3.63) is 34.9 Å². The molecule has 0 saturated carbocycles. The number of benzene rings is 1. The number of hydrogen-bond acceptors (Lipinski definition) is 3. The lowest BCUT2D eigenvalue weighted by molar-refractivity contribution is -0.142. The summed E-state index contributed by atoms with van der Waals surface area (Å²) in [6.07, 6.45) is -5.46. The molecule has 1 unspecified atom stereocenters. The van der Waals surface area contributed by atoms with Crippen LogP contribution in [0.1, 0.15) is 11.1 Å². The normalized spacial score (nSPS) is 13.2. The molecule has 0 amide bonds. The second-order valence-corrected chi connectivity index (χ2v) is 3.73. The summed E-state index contributed by atoms with van der Waals surface area (Å²) in [5.74, 6) is -4.56. The fraction of sp³-hybridized carbons (Fsp3) is 0.364. The summed E-state index contributed by atoms with van der Waals surface area (Å²) < 4.78 is 67.9. The molecular weight excluding hydrogens is 273 g/mol. The van der Waals surface area contributed by atoms with Crippen LogP contribution in [-0.4, -0.2) is 19.1 Å². The summed E-state index contributed by atoms with van der Waals surface area (Å²) in [6, 6.07) is -0.141. The molecule has 1 rings (SSSR count). The zero-order chi connectivity index (χ0) is 14.8. The van der Waals surface area contributed by atoms with Crippen molar-refractivity contribution in [2.24, 2.45) is 5.73 Å². The largest absolute Gasteiger partial charge is 0.468 e. The Kier molecular flexibility index (Phi) is 4.46. The van der Waals surface area contributed by atoms with Crippen molar-refractivity contribution in [1.29, 1.82) is 0 Å². The molecule has 8 heteroatoms. The van der Waals surface area contributed by atoms with Gasteiger partial charge in [-0.3, -0.25) is 4.79 Å². The molecule has 106 valence electrons. The van der Waals surface area contributed by atoms with Crippen molar-refractivity contribution in [2.75, 3.05) is 7.11 Å². The van der Waals surface area contributed by atoms with Crippen LogP contribution in [0.3, 0.4) is 0 Å². The van der Waals surface area contributed by atoms with E-state index in [2.05, 4.69) is 4.74 Å². The number of alkyl halides is 3. The molecule has 0 fully saturated rings. The van der Waals surface area contributed by atoms with Gasteiger partial charge in [0.05, 0.1) is 12.7 Å². The van der Waals surface area contributed by atoms with E-state index in [-0.39, 0.29) is 0 Å². The van der Waals surface area contributed by atoms with Gasteiger partial charge in [0, 0.05) is 6.42 Å². The summed E-state index contributed by atoms with van der Waals surface area (Å²) in [6.45, 7) is 0. The fourth-order valence-corrected chi connectivity index (χ4v) is 1.44. The monoisotopic (exact) mass is 283 g/mol. The van der Waals surface area contributed by atoms with Crippen molar-refractivity contribution >= 4 is 5.97 Å². The Balaban J connectivity index is 3.07. The predicted octanol–water partition coefficient (Wildman–Crippen LogP) is 2.03. The first-order valence-corrected chi connectivity index (χ1v) is 5.06. The van der Waals surface area contributed by atoms with Gasteiger partial charge in [-0.15, -0.1) is 0 Å². The molecule has 0 aromatic heterocycles. The average Bonchev–Trinajstić information content (AvgIpc) is 2.32. The van der Waals surface area contributed by atoms with Gasteiger partial charge in [0.15, 0.2) is 11.6 Å². The van der Waals surface area contributed by atoms with Gasteiger partial charge in [-0.05, 0) is 11.6 Å². The zero-order valence-corrected chi connectivity index (χ0v) is 9.72. The highest BCUT2D eigenvalue weighted by Crippen LogP contribution is 2.33. The summed E-state index contributed by atoms with van der Waals surface area (Å²) in [7, 11) is 1.05. The Morgan fingerprint density at radius 2 is 1.89 bits per heavy atom. The minimum atomic E-state index is -4.99. The molecule has 0 aliphatic heterocycles. The molecule has 0 aliphatic carbocycles. The van der Waals surface area contributed by atoms with E-state index in [1.165, 1.54) is 0 Å². The van der Waals surface area contributed by atoms with Crippen LogP contribution in [0.15, 0.2) is 12.1 Å². The molecule has 1 atom stereocenters. The minimum Gasteiger partial charge on any atom is -0.468 e. The lowest BCUT2D eigenvalue weighted by Crippen LogP contribution is -2.34. The van der Waals surface area contributed by atoms with Crippen LogP contribution in [0.25, 0.3) is 0 Å². The standard InChI is InChI=1S/C11H10F5NO2/c1-19-10(18)7(17)4-5-2-3-6(11(14,15)16)9(13)8(5)12/h2-3,7H,4,17H2,1H3. The van der Waals surface area contributed by atoms with Gasteiger partial charge in [0.2, 0.25) is 0 Å². The molecule has 1 aromatic rings. The third-order valence-corrected chi connectivity index (χ3v) is 2.41. The number of carbonyl (C=O) groups excluding carboxylic acids is 1. The van der Waals surface area contributed by atoms with Crippen molar-refractivity contribution < 1.29 is 31.5 Å². The van der Waals surface area contributed by atoms with Gasteiger partial charge < -0.3 is 10.5 Å². The highest BCUT2D eigenvalue weighted by Gasteiger charge is 2.36. The van der Waals surface area contributed by atoms with Crippen LogP contribution in [0.5, 0.6) is 0 Å². The maximum atomic E-state index is 13.4. The highest BCUT2D eigenvalue weighted by molar-refractivity contribution is 5.75. The van der Waals surface area contributed by atoms with Crippen LogP contribution >= 0.6 is 0 Å². The van der Waals surface area contributed by atoms with Crippen LogP contribution < -0.4 is 5.73 Å². The Morgan fingerprint density at radius 1 is 1.32 bits per heavy atom. The van der Waals surface area contributed by atoms with E-state index >= 15 is 0 Å². The minimum absolute atomic E-state index is 0.401. The summed E-state index contributed by atoms with van der Waals surface area (Å²) in [4.78, 5) is 11.0. The quantitative estimate of drug-likeness (QED) is 0.682. The van der Waals surface area contributed by atoms with Crippen LogP contribution in [0, 0.1) is 11.6 Å².